The lowest BCUT2D eigenvalue weighted by Gasteiger charge is -2.10. The highest BCUT2D eigenvalue weighted by atomic mass is 79.9. The average Bonchev–Trinajstić information content (AvgIpc) is 3.25. The molecule has 124 valence electrons. The largest absolute Gasteiger partial charge is 0.356 e. The number of nitrogens with zero attached hydrogens (tertiary/aromatic N) is 3. The summed E-state index contributed by atoms with van der Waals surface area (Å²) in [5, 5.41) is 14.7. The molecule has 0 saturated heterocycles. The van der Waals surface area contributed by atoms with E-state index in [1.165, 1.54) is 12.8 Å². The van der Waals surface area contributed by atoms with E-state index in [2.05, 4.69) is 42.2 Å². The molecule has 0 radical (unpaired) electrons. The van der Waals surface area contributed by atoms with Crippen LogP contribution in [-0.2, 0) is 6.54 Å². The Bertz CT molecular complexity index is 757. The highest BCUT2D eigenvalue weighted by Gasteiger charge is 2.29. The number of nitrogens with one attached hydrogen (secondary N) is 1. The number of anilines is 1. The number of hydrogen-bond donors (Lipinski definition) is 2. The van der Waals surface area contributed by atoms with Crippen molar-refractivity contribution in [2.45, 2.75) is 25.8 Å². The van der Waals surface area contributed by atoms with Crippen LogP contribution in [0, 0.1) is 16.0 Å². The van der Waals surface area contributed by atoms with Gasteiger partial charge in [-0.1, -0.05) is 0 Å². The maximum Gasteiger partial charge on any atom is 0.312 e. The molecule has 9 heteroatoms. The summed E-state index contributed by atoms with van der Waals surface area (Å²) < 4.78 is 3.12. The van der Waals surface area contributed by atoms with Gasteiger partial charge in [0.25, 0.3) is 0 Å². The number of nitro benzene ring substituents is 1. The Morgan fingerprint density at radius 3 is 2.83 bits per heavy atom. The molecule has 1 aliphatic carbocycles. The molecule has 1 aromatic carbocycles. The summed E-state index contributed by atoms with van der Waals surface area (Å²) in [4.78, 5) is 15.6. The molecule has 1 fully saturated rings. The zero-order valence-corrected chi connectivity index (χ0v) is 15.6. The second-order valence-corrected chi connectivity index (χ2v) is 7.35. The lowest BCUT2D eigenvalue weighted by atomic mass is 10.2. The van der Waals surface area contributed by atoms with Crippen LogP contribution in [0.5, 0.6) is 0 Å². The molecule has 3 rings (SSSR count). The van der Waals surface area contributed by atoms with Crippen LogP contribution >= 0.6 is 31.9 Å². The number of benzene rings is 1. The minimum atomic E-state index is -0.394. The Labute approximate surface area is 150 Å². The predicted molar refractivity (Wildman–Crippen MR) is 96.7 cm³/mol. The van der Waals surface area contributed by atoms with E-state index in [4.69, 9.17) is 5.73 Å². The van der Waals surface area contributed by atoms with E-state index in [1.807, 2.05) is 10.6 Å². The van der Waals surface area contributed by atoms with Gasteiger partial charge in [0.15, 0.2) is 5.52 Å². The first-order valence-corrected chi connectivity index (χ1v) is 9.08. The normalized spacial score (nSPS) is 14.4. The van der Waals surface area contributed by atoms with Crippen LogP contribution in [0.1, 0.15) is 19.3 Å². The number of nitrogens with two attached hydrogens (primary N) is 1. The van der Waals surface area contributed by atoms with Gasteiger partial charge in [-0.05, 0) is 69.7 Å². The van der Waals surface area contributed by atoms with E-state index in [0.29, 0.717) is 39.4 Å². The zero-order chi connectivity index (χ0) is 16.6. The molecule has 1 aliphatic rings. The van der Waals surface area contributed by atoms with Gasteiger partial charge in [0.05, 0.1) is 10.4 Å². The van der Waals surface area contributed by atoms with Gasteiger partial charge in [0.1, 0.15) is 4.47 Å². The van der Waals surface area contributed by atoms with Crippen molar-refractivity contribution in [1.29, 1.82) is 0 Å². The van der Waals surface area contributed by atoms with Gasteiger partial charge in [-0.25, -0.2) is 4.98 Å². The summed E-state index contributed by atoms with van der Waals surface area (Å²) in [5.41, 5.74) is 6.70. The van der Waals surface area contributed by atoms with Gasteiger partial charge in [-0.2, -0.15) is 0 Å². The van der Waals surface area contributed by atoms with E-state index in [-0.39, 0.29) is 5.69 Å². The van der Waals surface area contributed by atoms with E-state index in [9.17, 15) is 10.1 Å². The maximum atomic E-state index is 11.5. The second-order valence-electron chi connectivity index (χ2n) is 5.70. The van der Waals surface area contributed by atoms with Crippen molar-refractivity contribution < 1.29 is 4.92 Å². The van der Waals surface area contributed by atoms with Crippen LogP contribution in [0.2, 0.25) is 0 Å². The number of halogens is 2. The second kappa shape index (κ2) is 6.74. The molecule has 0 atom stereocenters. The van der Waals surface area contributed by atoms with Gasteiger partial charge < -0.3 is 15.6 Å². The fourth-order valence-electron chi connectivity index (χ4n) is 2.53. The first-order chi connectivity index (χ1) is 11.0. The summed E-state index contributed by atoms with van der Waals surface area (Å²) in [7, 11) is 0. The van der Waals surface area contributed by atoms with Crippen LogP contribution < -0.4 is 11.1 Å². The van der Waals surface area contributed by atoms with Crippen molar-refractivity contribution in [3.05, 3.63) is 25.1 Å². The molecule has 23 heavy (non-hydrogen) atoms. The topological polar surface area (TPSA) is 99.0 Å². The molecule has 3 N–H and O–H groups in total. The molecule has 2 aromatic rings. The van der Waals surface area contributed by atoms with Crippen molar-refractivity contribution >= 4 is 54.5 Å². The molecule has 7 nitrogen and oxygen atoms in total. The Morgan fingerprint density at radius 2 is 2.22 bits per heavy atom. The number of fused-ring (bicyclic) bond motifs is 1. The highest BCUT2D eigenvalue weighted by molar-refractivity contribution is 9.13. The van der Waals surface area contributed by atoms with Gasteiger partial charge in [-0.3, -0.25) is 10.1 Å². The first-order valence-electron chi connectivity index (χ1n) is 7.49. The maximum absolute atomic E-state index is 11.5. The summed E-state index contributed by atoms with van der Waals surface area (Å²) in [5.74, 6) is 1.30. The highest BCUT2D eigenvalue weighted by Crippen LogP contribution is 2.41. The van der Waals surface area contributed by atoms with Crippen LogP contribution in [0.3, 0.4) is 0 Å². The predicted octanol–water partition coefficient (Wildman–Crippen LogP) is 3.64. The molecule has 1 saturated carbocycles. The van der Waals surface area contributed by atoms with E-state index >= 15 is 0 Å². The molecular formula is C14H17Br2N5O2. The molecular weight excluding hydrogens is 430 g/mol. The first kappa shape index (κ1) is 16.7. The Hall–Kier alpha value is -1.19. The van der Waals surface area contributed by atoms with Gasteiger partial charge >= 0.3 is 5.69 Å². The fraction of sp³-hybridized carbons (Fsp3) is 0.500. The van der Waals surface area contributed by atoms with Gasteiger partial charge in [-0.15, -0.1) is 0 Å². The molecule has 1 heterocycles. The Kier molecular flexibility index (Phi) is 4.88. The SMILES string of the molecule is NCCCNc1nc2c([N+](=O)[O-])c(Br)c(Br)cc2n1CC1CC1. The fourth-order valence-corrected chi connectivity index (χ4v) is 3.39. The van der Waals surface area contributed by atoms with Crippen molar-refractivity contribution in [1.82, 2.24) is 9.55 Å². The third-order valence-corrected chi connectivity index (χ3v) is 5.86. The lowest BCUT2D eigenvalue weighted by molar-refractivity contribution is -0.384. The summed E-state index contributed by atoms with van der Waals surface area (Å²) in [6, 6.07) is 1.88. The minimum Gasteiger partial charge on any atom is -0.356 e. The van der Waals surface area contributed by atoms with E-state index < -0.39 is 4.92 Å². The van der Waals surface area contributed by atoms with E-state index in [1.54, 1.807) is 0 Å². The smallest absolute Gasteiger partial charge is 0.312 e. The van der Waals surface area contributed by atoms with Crippen LogP contribution in [0.4, 0.5) is 11.6 Å². The number of hydrogen-bond acceptors (Lipinski definition) is 5. The number of rotatable bonds is 7. The molecule has 0 unspecified atom stereocenters. The number of aromatic nitrogens is 2. The average molecular weight is 447 g/mol. The number of nitro groups is 1. The molecule has 1 aromatic heterocycles. The van der Waals surface area contributed by atoms with Crippen LogP contribution in [0.15, 0.2) is 15.0 Å². The standard InChI is InChI=1S/C14H17Br2N5O2/c15-9-6-10-12(13(11(9)16)21(22)23)19-14(18-5-1-4-17)20(10)7-8-2-3-8/h6,8H,1-5,7,17H2,(H,18,19). The van der Waals surface area contributed by atoms with Crippen LogP contribution in [0.25, 0.3) is 11.0 Å². The third-order valence-electron chi connectivity index (χ3n) is 3.90. The van der Waals surface area contributed by atoms with E-state index in [0.717, 1.165) is 18.5 Å². The lowest BCUT2D eigenvalue weighted by Crippen LogP contribution is -2.13. The van der Waals surface area contributed by atoms with Gasteiger partial charge in [0.2, 0.25) is 5.95 Å². The van der Waals surface area contributed by atoms with Gasteiger partial charge in [0, 0.05) is 17.6 Å². The minimum absolute atomic E-state index is 0.00852. The quantitative estimate of drug-likeness (QED) is 0.384. The third kappa shape index (κ3) is 3.36. The Morgan fingerprint density at radius 1 is 1.48 bits per heavy atom. The molecule has 0 bridgehead atoms. The van der Waals surface area contributed by atoms with Crippen molar-refractivity contribution in [2.24, 2.45) is 11.7 Å². The Balaban J connectivity index is 2.13. The van der Waals surface area contributed by atoms with Crippen molar-refractivity contribution in [3.63, 3.8) is 0 Å². The van der Waals surface area contributed by atoms with Crippen molar-refractivity contribution in [2.75, 3.05) is 18.4 Å². The molecule has 0 amide bonds. The summed E-state index contributed by atoms with van der Waals surface area (Å²) in [6.07, 6.45) is 3.21. The monoisotopic (exact) mass is 445 g/mol. The molecule has 0 aliphatic heterocycles. The summed E-state index contributed by atoms with van der Waals surface area (Å²) in [6.45, 7) is 2.11. The van der Waals surface area contributed by atoms with Crippen LogP contribution in [-0.4, -0.2) is 27.6 Å². The van der Waals surface area contributed by atoms with Crippen molar-refractivity contribution in [3.8, 4) is 0 Å². The summed E-state index contributed by atoms with van der Waals surface area (Å²) >= 11 is 6.68. The number of imidazole rings is 1. The zero-order valence-electron chi connectivity index (χ0n) is 12.4. The molecule has 0 spiro atoms.